The summed E-state index contributed by atoms with van der Waals surface area (Å²) < 4.78 is 1.92. The maximum absolute atomic E-state index is 6.21. The predicted molar refractivity (Wildman–Crippen MR) is 103 cm³/mol. The molecule has 0 atom stereocenters. The number of para-hydroxylation sites is 1. The minimum Gasteiger partial charge on any atom is -0.370 e. The molecule has 1 aromatic carbocycles. The summed E-state index contributed by atoms with van der Waals surface area (Å²) >= 11 is 0. The van der Waals surface area contributed by atoms with Crippen molar-refractivity contribution in [2.24, 2.45) is 10.7 Å². The fourth-order valence-corrected chi connectivity index (χ4v) is 3.01. The summed E-state index contributed by atoms with van der Waals surface area (Å²) in [6.07, 6.45) is 5.20. The van der Waals surface area contributed by atoms with Gasteiger partial charge in [-0.2, -0.15) is 0 Å². The highest BCUT2D eigenvalue weighted by molar-refractivity contribution is 5.78. The summed E-state index contributed by atoms with van der Waals surface area (Å²) in [4.78, 5) is 17.3. The predicted octanol–water partition coefficient (Wildman–Crippen LogP) is 0.694. The van der Waals surface area contributed by atoms with E-state index < -0.39 is 0 Å². The van der Waals surface area contributed by atoms with Gasteiger partial charge >= 0.3 is 0 Å². The lowest BCUT2D eigenvalue weighted by molar-refractivity contribution is 0.378. The van der Waals surface area contributed by atoms with Crippen LogP contribution in [0.2, 0.25) is 0 Å². The standard InChI is InChI=1S/C18H21N9/c19-17(25-9-11-26(12-10-25)18-20-7-4-8-21-18)22-13-16-24-23-14-27(16)15-5-2-1-3-6-15/h1-8,14H,9-13H2,(H2,19,22). The molecule has 1 aliphatic heterocycles. The first-order chi connectivity index (χ1) is 13.3. The lowest BCUT2D eigenvalue weighted by Gasteiger charge is -2.35. The Kier molecular flexibility index (Phi) is 4.91. The number of aliphatic imine (C=N–C) groups is 1. The van der Waals surface area contributed by atoms with Crippen LogP contribution in [0.25, 0.3) is 5.69 Å². The first kappa shape index (κ1) is 17.0. The van der Waals surface area contributed by atoms with Crippen LogP contribution in [0.3, 0.4) is 0 Å². The van der Waals surface area contributed by atoms with Crippen LogP contribution in [-0.4, -0.2) is 61.8 Å². The molecule has 1 fully saturated rings. The van der Waals surface area contributed by atoms with E-state index in [0.717, 1.165) is 43.6 Å². The molecule has 9 nitrogen and oxygen atoms in total. The number of aromatic nitrogens is 5. The van der Waals surface area contributed by atoms with Crippen LogP contribution in [0.4, 0.5) is 5.95 Å². The molecule has 0 amide bonds. The highest BCUT2D eigenvalue weighted by Crippen LogP contribution is 2.11. The molecule has 2 aromatic heterocycles. The van der Waals surface area contributed by atoms with E-state index in [1.54, 1.807) is 18.7 Å². The first-order valence-electron chi connectivity index (χ1n) is 8.82. The third-order valence-electron chi connectivity index (χ3n) is 4.47. The van der Waals surface area contributed by atoms with Gasteiger partial charge in [-0.15, -0.1) is 10.2 Å². The molecule has 0 bridgehead atoms. The van der Waals surface area contributed by atoms with Gasteiger partial charge in [-0.25, -0.2) is 15.0 Å². The number of hydrogen-bond donors (Lipinski definition) is 1. The average Bonchev–Trinajstić information content (AvgIpc) is 3.22. The first-order valence-corrected chi connectivity index (χ1v) is 8.82. The number of guanidine groups is 1. The van der Waals surface area contributed by atoms with E-state index in [1.165, 1.54) is 0 Å². The van der Waals surface area contributed by atoms with Crippen LogP contribution in [0.5, 0.6) is 0 Å². The van der Waals surface area contributed by atoms with Gasteiger partial charge < -0.3 is 15.5 Å². The molecule has 0 unspecified atom stereocenters. The highest BCUT2D eigenvalue weighted by atomic mass is 15.4. The van der Waals surface area contributed by atoms with Crippen LogP contribution in [0.1, 0.15) is 5.82 Å². The Morgan fingerprint density at radius 3 is 2.48 bits per heavy atom. The number of piperazine rings is 1. The Morgan fingerprint density at radius 2 is 1.74 bits per heavy atom. The number of nitrogens with zero attached hydrogens (tertiary/aromatic N) is 8. The summed E-state index contributed by atoms with van der Waals surface area (Å²) in [6.45, 7) is 3.54. The Morgan fingerprint density at radius 1 is 1.00 bits per heavy atom. The van der Waals surface area contributed by atoms with Crippen LogP contribution >= 0.6 is 0 Å². The van der Waals surface area contributed by atoms with Gasteiger partial charge in [-0.3, -0.25) is 4.57 Å². The second-order valence-electron chi connectivity index (χ2n) is 6.15. The van der Waals surface area contributed by atoms with E-state index in [1.807, 2.05) is 41.0 Å². The number of hydrogen-bond acceptors (Lipinski definition) is 6. The van der Waals surface area contributed by atoms with Crippen molar-refractivity contribution in [2.45, 2.75) is 6.54 Å². The average molecular weight is 363 g/mol. The van der Waals surface area contributed by atoms with Gasteiger partial charge in [0.25, 0.3) is 0 Å². The molecular weight excluding hydrogens is 342 g/mol. The molecule has 138 valence electrons. The molecule has 27 heavy (non-hydrogen) atoms. The molecule has 9 heteroatoms. The van der Waals surface area contributed by atoms with Crippen molar-refractivity contribution in [3.8, 4) is 5.69 Å². The molecule has 3 heterocycles. The van der Waals surface area contributed by atoms with Crippen molar-refractivity contribution >= 4 is 11.9 Å². The van der Waals surface area contributed by atoms with Crippen molar-refractivity contribution < 1.29 is 0 Å². The zero-order chi connectivity index (χ0) is 18.5. The quantitative estimate of drug-likeness (QED) is 0.538. The van der Waals surface area contributed by atoms with Gasteiger partial charge in [0.15, 0.2) is 11.8 Å². The maximum Gasteiger partial charge on any atom is 0.225 e. The smallest absolute Gasteiger partial charge is 0.225 e. The zero-order valence-corrected chi connectivity index (χ0v) is 14.9. The Hall–Kier alpha value is -3.49. The third kappa shape index (κ3) is 3.86. The molecular formula is C18H21N9. The minimum absolute atomic E-state index is 0.378. The molecule has 0 spiro atoms. The van der Waals surface area contributed by atoms with Gasteiger partial charge in [-0.05, 0) is 18.2 Å². The van der Waals surface area contributed by atoms with Gasteiger partial charge in [0, 0.05) is 44.3 Å². The molecule has 0 radical (unpaired) electrons. The van der Waals surface area contributed by atoms with Gasteiger partial charge in [0.1, 0.15) is 12.9 Å². The van der Waals surface area contributed by atoms with E-state index in [2.05, 4.69) is 35.0 Å². The molecule has 0 saturated carbocycles. The summed E-state index contributed by atoms with van der Waals surface area (Å²) in [5.74, 6) is 2.02. The number of rotatable bonds is 4. The van der Waals surface area contributed by atoms with Crippen LogP contribution < -0.4 is 10.6 Å². The van der Waals surface area contributed by atoms with Crippen molar-refractivity contribution in [1.29, 1.82) is 0 Å². The van der Waals surface area contributed by atoms with Crippen molar-refractivity contribution in [3.63, 3.8) is 0 Å². The molecule has 1 saturated heterocycles. The van der Waals surface area contributed by atoms with Gasteiger partial charge in [-0.1, -0.05) is 18.2 Å². The summed E-state index contributed by atoms with van der Waals surface area (Å²) in [5.41, 5.74) is 7.21. The highest BCUT2D eigenvalue weighted by Gasteiger charge is 2.20. The Labute approximate surface area is 157 Å². The van der Waals surface area contributed by atoms with Crippen molar-refractivity contribution in [2.75, 3.05) is 31.1 Å². The van der Waals surface area contributed by atoms with Crippen molar-refractivity contribution in [3.05, 3.63) is 60.9 Å². The van der Waals surface area contributed by atoms with E-state index >= 15 is 0 Å². The summed E-state index contributed by atoms with van der Waals surface area (Å²) in [5, 5.41) is 8.17. The zero-order valence-electron chi connectivity index (χ0n) is 14.9. The second-order valence-corrected chi connectivity index (χ2v) is 6.15. The third-order valence-corrected chi connectivity index (χ3v) is 4.47. The SMILES string of the molecule is NC(=NCc1nncn1-c1ccccc1)N1CCN(c2ncccn2)CC1. The molecule has 0 aliphatic carbocycles. The molecule has 3 aromatic rings. The minimum atomic E-state index is 0.378. The normalized spacial score (nSPS) is 15.2. The van der Waals surface area contributed by atoms with Crippen molar-refractivity contribution in [1.82, 2.24) is 29.6 Å². The lowest BCUT2D eigenvalue weighted by atomic mass is 10.3. The topological polar surface area (TPSA) is 101 Å². The molecule has 2 N–H and O–H groups in total. The van der Waals surface area contributed by atoms with E-state index in [9.17, 15) is 0 Å². The summed E-state index contributed by atoms with van der Waals surface area (Å²) in [7, 11) is 0. The van der Waals surface area contributed by atoms with Crippen LogP contribution in [0.15, 0.2) is 60.1 Å². The summed E-state index contributed by atoms with van der Waals surface area (Å²) in [6, 6.07) is 11.8. The second kappa shape index (κ2) is 7.81. The van der Waals surface area contributed by atoms with Crippen LogP contribution in [-0.2, 0) is 6.54 Å². The Bertz CT molecular complexity index is 883. The van der Waals surface area contributed by atoms with E-state index in [-0.39, 0.29) is 0 Å². The molecule has 1 aliphatic rings. The number of anilines is 1. The molecule has 4 rings (SSSR count). The largest absolute Gasteiger partial charge is 0.370 e. The lowest BCUT2D eigenvalue weighted by Crippen LogP contribution is -2.51. The van der Waals surface area contributed by atoms with E-state index in [4.69, 9.17) is 5.73 Å². The number of nitrogens with two attached hydrogens (primary N) is 1. The fraction of sp³-hybridized carbons (Fsp3) is 0.278. The maximum atomic E-state index is 6.21. The number of benzene rings is 1. The van der Waals surface area contributed by atoms with Gasteiger partial charge in [0.2, 0.25) is 5.95 Å². The Balaban J connectivity index is 1.38. The fourth-order valence-electron chi connectivity index (χ4n) is 3.01. The van der Waals surface area contributed by atoms with Crippen LogP contribution in [0, 0.1) is 0 Å². The van der Waals surface area contributed by atoms with E-state index in [0.29, 0.717) is 12.5 Å². The van der Waals surface area contributed by atoms with Gasteiger partial charge in [0.05, 0.1) is 0 Å². The monoisotopic (exact) mass is 363 g/mol.